The first-order chi connectivity index (χ1) is 14.4. The van der Waals surface area contributed by atoms with Crippen LogP contribution < -0.4 is 10.2 Å². The number of carboxylic acid groups (broad SMARTS) is 1. The van der Waals surface area contributed by atoms with Crippen molar-refractivity contribution in [1.29, 1.82) is 0 Å². The van der Waals surface area contributed by atoms with E-state index in [2.05, 4.69) is 4.98 Å². The number of halogens is 1. The molecule has 1 heterocycles. The van der Waals surface area contributed by atoms with Gasteiger partial charge in [0.2, 0.25) is 0 Å². The first-order valence-corrected chi connectivity index (χ1v) is 9.68. The third kappa shape index (κ3) is 3.80. The quantitative estimate of drug-likeness (QED) is 0.451. The van der Waals surface area contributed by atoms with E-state index in [0.717, 1.165) is 16.7 Å². The average molecular weight is 420 g/mol. The number of rotatable bonds is 5. The number of pyridine rings is 1. The molecule has 2 N–H and O–H groups in total. The fraction of sp³-hybridized carbons (Fsp3) is 0.0833. The van der Waals surface area contributed by atoms with Crippen LogP contribution in [-0.4, -0.2) is 16.1 Å². The maximum Gasteiger partial charge on any atom is 0.352 e. The average Bonchev–Trinajstić information content (AvgIpc) is 2.75. The van der Waals surface area contributed by atoms with Gasteiger partial charge in [0.15, 0.2) is 5.43 Å². The Hall–Kier alpha value is -3.57. The SMILES string of the molecule is Cc1c(C(=O)O)[nH]c2c(OCc3ccccc3)cc(-c3ccc(Cl)cc3)cc2c1=O. The van der Waals surface area contributed by atoms with Gasteiger partial charge in [0, 0.05) is 10.6 Å². The fourth-order valence-electron chi connectivity index (χ4n) is 3.33. The molecule has 0 saturated carbocycles. The third-order valence-corrected chi connectivity index (χ3v) is 5.19. The molecule has 1 aromatic heterocycles. The van der Waals surface area contributed by atoms with E-state index in [4.69, 9.17) is 16.3 Å². The molecule has 0 amide bonds. The maximum absolute atomic E-state index is 13.0. The minimum absolute atomic E-state index is 0.142. The molecule has 4 rings (SSSR count). The summed E-state index contributed by atoms with van der Waals surface area (Å²) < 4.78 is 6.03. The van der Waals surface area contributed by atoms with Crippen LogP contribution in [0.15, 0.2) is 71.5 Å². The number of aromatic carboxylic acids is 1. The van der Waals surface area contributed by atoms with Gasteiger partial charge in [-0.25, -0.2) is 4.79 Å². The monoisotopic (exact) mass is 419 g/mol. The Kier molecular flexibility index (Phi) is 5.29. The summed E-state index contributed by atoms with van der Waals surface area (Å²) in [6.07, 6.45) is 0. The first kappa shape index (κ1) is 19.7. The van der Waals surface area contributed by atoms with Crippen molar-refractivity contribution in [2.75, 3.05) is 0 Å². The van der Waals surface area contributed by atoms with Crippen LogP contribution in [0.3, 0.4) is 0 Å². The number of hydrogen-bond acceptors (Lipinski definition) is 3. The summed E-state index contributed by atoms with van der Waals surface area (Å²) in [5, 5.41) is 10.5. The van der Waals surface area contributed by atoms with Gasteiger partial charge in [-0.2, -0.15) is 0 Å². The Labute approximate surface area is 177 Å². The van der Waals surface area contributed by atoms with Crippen LogP contribution in [0, 0.1) is 6.92 Å². The molecule has 0 radical (unpaired) electrons. The Morgan fingerprint density at radius 2 is 1.73 bits per heavy atom. The number of hydrogen-bond donors (Lipinski definition) is 2. The third-order valence-electron chi connectivity index (χ3n) is 4.94. The number of aromatic amines is 1. The molecular weight excluding hydrogens is 402 g/mol. The first-order valence-electron chi connectivity index (χ1n) is 9.30. The number of carbonyl (C=O) groups is 1. The number of carboxylic acids is 1. The number of benzene rings is 3. The van der Waals surface area contributed by atoms with E-state index in [1.165, 1.54) is 6.92 Å². The van der Waals surface area contributed by atoms with Gasteiger partial charge in [0.1, 0.15) is 18.1 Å². The van der Waals surface area contributed by atoms with E-state index >= 15 is 0 Å². The lowest BCUT2D eigenvalue weighted by Crippen LogP contribution is -2.16. The van der Waals surface area contributed by atoms with E-state index in [1.807, 2.05) is 42.5 Å². The number of nitrogens with one attached hydrogen (secondary N) is 1. The Bertz CT molecular complexity index is 1300. The number of H-pyrrole nitrogens is 1. The minimum atomic E-state index is -1.19. The molecule has 30 heavy (non-hydrogen) atoms. The zero-order valence-corrected chi connectivity index (χ0v) is 16.9. The normalized spacial score (nSPS) is 10.9. The van der Waals surface area contributed by atoms with Gasteiger partial charge in [0.25, 0.3) is 0 Å². The largest absolute Gasteiger partial charge is 0.487 e. The highest BCUT2D eigenvalue weighted by Crippen LogP contribution is 2.32. The summed E-state index contributed by atoms with van der Waals surface area (Å²) in [5.41, 5.74) is 2.61. The van der Waals surface area contributed by atoms with Crippen molar-refractivity contribution in [2.45, 2.75) is 13.5 Å². The molecule has 3 aromatic carbocycles. The topological polar surface area (TPSA) is 79.4 Å². The van der Waals surface area contributed by atoms with Gasteiger partial charge in [-0.05, 0) is 47.9 Å². The molecule has 150 valence electrons. The molecule has 6 heteroatoms. The molecule has 0 atom stereocenters. The van der Waals surface area contributed by atoms with Crippen LogP contribution in [0.2, 0.25) is 5.02 Å². The van der Waals surface area contributed by atoms with E-state index in [0.29, 0.717) is 21.7 Å². The summed E-state index contributed by atoms with van der Waals surface area (Å²) in [6, 6.07) is 20.4. The van der Waals surface area contributed by atoms with Crippen molar-refractivity contribution < 1.29 is 14.6 Å². The van der Waals surface area contributed by atoms with Crippen molar-refractivity contribution in [1.82, 2.24) is 4.98 Å². The number of fused-ring (bicyclic) bond motifs is 1. The van der Waals surface area contributed by atoms with Crippen molar-refractivity contribution in [2.24, 2.45) is 0 Å². The summed E-state index contributed by atoms with van der Waals surface area (Å²) in [7, 11) is 0. The predicted octanol–water partition coefficient (Wildman–Crippen LogP) is 5.43. The summed E-state index contributed by atoms with van der Waals surface area (Å²) in [6.45, 7) is 1.78. The molecule has 0 aliphatic carbocycles. The fourth-order valence-corrected chi connectivity index (χ4v) is 3.46. The Morgan fingerprint density at radius 1 is 1.03 bits per heavy atom. The lowest BCUT2D eigenvalue weighted by Gasteiger charge is -2.14. The molecule has 0 spiro atoms. The standard InChI is InChI=1S/C24H18ClNO4/c1-14-21(24(28)29)26-22-19(23(14)27)11-17(16-7-9-18(25)10-8-16)12-20(22)30-13-15-5-3-2-4-6-15/h2-12H,13H2,1H3,(H,26,27)(H,28,29). The lowest BCUT2D eigenvalue weighted by molar-refractivity contribution is 0.0690. The maximum atomic E-state index is 13.0. The van der Waals surface area contributed by atoms with E-state index in [-0.39, 0.29) is 23.3 Å². The highest BCUT2D eigenvalue weighted by Gasteiger charge is 2.18. The molecule has 5 nitrogen and oxygen atoms in total. The molecular formula is C24H18ClNO4. The van der Waals surface area contributed by atoms with Crippen molar-refractivity contribution in [3.63, 3.8) is 0 Å². The second-order valence-corrected chi connectivity index (χ2v) is 7.37. The van der Waals surface area contributed by atoms with Gasteiger partial charge in [-0.15, -0.1) is 0 Å². The second kappa shape index (κ2) is 8.05. The number of ether oxygens (including phenoxy) is 1. The van der Waals surface area contributed by atoms with E-state index in [1.54, 1.807) is 24.3 Å². The van der Waals surface area contributed by atoms with Crippen LogP contribution in [0.1, 0.15) is 21.6 Å². The van der Waals surface area contributed by atoms with Crippen molar-refractivity contribution >= 4 is 28.5 Å². The summed E-state index contributed by atoms with van der Waals surface area (Å²) in [5.74, 6) is -0.789. The van der Waals surface area contributed by atoms with E-state index in [9.17, 15) is 14.7 Å². The highest BCUT2D eigenvalue weighted by atomic mass is 35.5. The minimum Gasteiger partial charge on any atom is -0.487 e. The zero-order valence-electron chi connectivity index (χ0n) is 16.1. The molecule has 0 saturated heterocycles. The molecule has 0 fully saturated rings. The molecule has 0 unspecified atom stereocenters. The molecule has 0 bridgehead atoms. The predicted molar refractivity (Wildman–Crippen MR) is 117 cm³/mol. The summed E-state index contributed by atoms with van der Waals surface area (Å²) >= 11 is 6.00. The summed E-state index contributed by atoms with van der Waals surface area (Å²) in [4.78, 5) is 27.4. The highest BCUT2D eigenvalue weighted by molar-refractivity contribution is 6.30. The molecule has 4 aromatic rings. The van der Waals surface area contributed by atoms with E-state index < -0.39 is 5.97 Å². The van der Waals surface area contributed by atoms with Gasteiger partial charge >= 0.3 is 5.97 Å². The Morgan fingerprint density at radius 3 is 2.40 bits per heavy atom. The van der Waals surface area contributed by atoms with Crippen molar-refractivity contribution in [3.05, 3.63) is 98.8 Å². The second-order valence-electron chi connectivity index (χ2n) is 6.94. The Balaban J connectivity index is 1.91. The number of aromatic nitrogens is 1. The van der Waals surface area contributed by atoms with Crippen LogP contribution in [0.25, 0.3) is 22.0 Å². The van der Waals surface area contributed by atoms with Gasteiger partial charge < -0.3 is 14.8 Å². The van der Waals surface area contributed by atoms with Gasteiger partial charge in [-0.1, -0.05) is 54.1 Å². The zero-order chi connectivity index (χ0) is 21.3. The van der Waals surface area contributed by atoms with Gasteiger partial charge in [-0.3, -0.25) is 4.79 Å². The molecule has 0 aliphatic rings. The van der Waals surface area contributed by atoms with Crippen LogP contribution >= 0.6 is 11.6 Å². The van der Waals surface area contributed by atoms with Crippen molar-refractivity contribution in [3.8, 4) is 16.9 Å². The van der Waals surface area contributed by atoms with Crippen LogP contribution in [-0.2, 0) is 6.61 Å². The van der Waals surface area contributed by atoms with Crippen LogP contribution in [0.5, 0.6) is 5.75 Å². The smallest absolute Gasteiger partial charge is 0.352 e. The molecule has 0 aliphatic heterocycles. The lowest BCUT2D eigenvalue weighted by atomic mass is 10.0. The van der Waals surface area contributed by atoms with Gasteiger partial charge in [0.05, 0.1) is 10.9 Å². The van der Waals surface area contributed by atoms with Crippen LogP contribution in [0.4, 0.5) is 0 Å².